The highest BCUT2D eigenvalue weighted by Crippen LogP contribution is 2.26. The van der Waals surface area contributed by atoms with E-state index >= 15 is 0 Å². The topological polar surface area (TPSA) is 20.3 Å². The molecule has 1 fully saturated rings. The van der Waals surface area contributed by atoms with Crippen LogP contribution < -0.4 is 0 Å². The highest BCUT2D eigenvalue weighted by molar-refractivity contribution is 6.42. The van der Waals surface area contributed by atoms with E-state index in [1.54, 1.807) is 18.2 Å². The molecule has 1 amide bonds. The van der Waals surface area contributed by atoms with Gasteiger partial charge in [-0.2, -0.15) is 0 Å². The Labute approximate surface area is 118 Å². The Morgan fingerprint density at radius 2 is 2.11 bits per heavy atom. The minimum absolute atomic E-state index is 0.0696. The largest absolute Gasteiger partial charge is 0.336 e. The number of nitrogens with zero attached hydrogens (tertiary/aromatic N) is 1. The van der Waals surface area contributed by atoms with Gasteiger partial charge in [0.25, 0.3) is 5.91 Å². The molecule has 0 radical (unpaired) electrons. The first-order chi connectivity index (χ1) is 8.63. The third-order valence-corrected chi connectivity index (χ3v) is 4.26. The van der Waals surface area contributed by atoms with Crippen molar-refractivity contribution in [3.63, 3.8) is 0 Å². The van der Waals surface area contributed by atoms with Crippen molar-refractivity contribution >= 4 is 29.1 Å². The van der Waals surface area contributed by atoms with Crippen LogP contribution in [0.2, 0.25) is 10.0 Å². The number of amides is 1. The lowest BCUT2D eigenvalue weighted by Crippen LogP contribution is -2.43. The second-order valence-electron chi connectivity index (χ2n) is 4.69. The number of likely N-dealkylation sites (tertiary alicyclic amines) is 1. The van der Waals surface area contributed by atoms with Crippen LogP contribution in [0.1, 0.15) is 43.0 Å². The molecule has 18 heavy (non-hydrogen) atoms. The van der Waals surface area contributed by atoms with E-state index in [-0.39, 0.29) is 5.91 Å². The van der Waals surface area contributed by atoms with Crippen molar-refractivity contribution in [2.45, 2.75) is 38.6 Å². The number of halogens is 2. The third-order valence-electron chi connectivity index (χ3n) is 3.53. The molecule has 0 unspecified atom stereocenters. The van der Waals surface area contributed by atoms with E-state index in [2.05, 4.69) is 6.92 Å². The van der Waals surface area contributed by atoms with E-state index in [4.69, 9.17) is 23.2 Å². The molecule has 0 aliphatic carbocycles. The van der Waals surface area contributed by atoms with Crippen molar-refractivity contribution in [2.24, 2.45) is 0 Å². The van der Waals surface area contributed by atoms with Crippen LogP contribution in [0.4, 0.5) is 0 Å². The molecule has 1 saturated heterocycles. The smallest absolute Gasteiger partial charge is 0.254 e. The molecule has 1 aliphatic rings. The maximum atomic E-state index is 12.5. The number of hydrogen-bond acceptors (Lipinski definition) is 1. The molecule has 4 heteroatoms. The molecule has 1 heterocycles. The first-order valence-electron chi connectivity index (χ1n) is 6.39. The van der Waals surface area contributed by atoms with Crippen molar-refractivity contribution in [3.8, 4) is 0 Å². The Bertz CT molecular complexity index is 447. The number of hydrogen-bond donors (Lipinski definition) is 0. The maximum Gasteiger partial charge on any atom is 0.254 e. The van der Waals surface area contributed by atoms with Gasteiger partial charge < -0.3 is 4.90 Å². The van der Waals surface area contributed by atoms with Gasteiger partial charge in [0.1, 0.15) is 0 Å². The zero-order valence-corrected chi connectivity index (χ0v) is 12.0. The molecule has 98 valence electrons. The SMILES string of the molecule is CC[C@@H]1CCCCN1C(=O)c1ccc(Cl)c(Cl)c1. The Kier molecular flexibility index (Phi) is 4.52. The lowest BCUT2D eigenvalue weighted by Gasteiger charge is -2.35. The minimum atomic E-state index is 0.0696. The van der Waals surface area contributed by atoms with Crippen LogP contribution in [0.15, 0.2) is 18.2 Å². The summed E-state index contributed by atoms with van der Waals surface area (Å²) in [5.41, 5.74) is 0.629. The zero-order valence-electron chi connectivity index (χ0n) is 10.5. The van der Waals surface area contributed by atoms with Gasteiger partial charge in [-0.3, -0.25) is 4.79 Å². The van der Waals surface area contributed by atoms with Gasteiger partial charge in [0.15, 0.2) is 0 Å². The molecular weight excluding hydrogens is 269 g/mol. The molecule has 0 spiro atoms. The standard InChI is InChI=1S/C14H17Cl2NO/c1-2-11-5-3-4-8-17(11)14(18)10-6-7-12(15)13(16)9-10/h6-7,9,11H,2-5,8H2,1H3/t11-/m1/s1. The summed E-state index contributed by atoms with van der Waals surface area (Å²) in [7, 11) is 0. The quantitative estimate of drug-likeness (QED) is 0.789. The Balaban J connectivity index is 2.21. The van der Waals surface area contributed by atoms with Crippen molar-refractivity contribution in [1.82, 2.24) is 4.90 Å². The minimum Gasteiger partial charge on any atom is -0.336 e. The van der Waals surface area contributed by atoms with E-state index in [0.717, 1.165) is 25.8 Å². The van der Waals surface area contributed by atoms with E-state index in [0.29, 0.717) is 21.7 Å². The van der Waals surface area contributed by atoms with Gasteiger partial charge >= 0.3 is 0 Å². The Morgan fingerprint density at radius 1 is 1.33 bits per heavy atom. The molecule has 1 aromatic rings. The fourth-order valence-corrected chi connectivity index (χ4v) is 2.79. The summed E-state index contributed by atoms with van der Waals surface area (Å²) in [6.07, 6.45) is 4.41. The van der Waals surface area contributed by atoms with Crippen LogP contribution in [0.3, 0.4) is 0 Å². The molecular formula is C14H17Cl2NO. The molecule has 1 atom stereocenters. The van der Waals surface area contributed by atoms with Gasteiger partial charge in [0.05, 0.1) is 10.0 Å². The number of piperidine rings is 1. The van der Waals surface area contributed by atoms with Gasteiger partial charge in [0, 0.05) is 18.2 Å². The fraction of sp³-hybridized carbons (Fsp3) is 0.500. The molecule has 2 rings (SSSR count). The lowest BCUT2D eigenvalue weighted by atomic mass is 9.99. The van der Waals surface area contributed by atoms with Crippen LogP contribution in [-0.4, -0.2) is 23.4 Å². The summed E-state index contributed by atoms with van der Waals surface area (Å²) < 4.78 is 0. The number of carbonyl (C=O) groups is 1. The van der Waals surface area contributed by atoms with E-state index < -0.39 is 0 Å². The van der Waals surface area contributed by atoms with Crippen molar-refractivity contribution in [2.75, 3.05) is 6.54 Å². The van der Waals surface area contributed by atoms with Crippen molar-refractivity contribution in [3.05, 3.63) is 33.8 Å². The summed E-state index contributed by atoms with van der Waals surface area (Å²) in [6.45, 7) is 2.97. The summed E-state index contributed by atoms with van der Waals surface area (Å²) in [4.78, 5) is 14.4. The second kappa shape index (κ2) is 5.94. The molecule has 1 aromatic carbocycles. The van der Waals surface area contributed by atoms with E-state index in [1.165, 1.54) is 6.42 Å². The van der Waals surface area contributed by atoms with E-state index in [1.807, 2.05) is 4.90 Å². The van der Waals surface area contributed by atoms with Crippen LogP contribution in [0, 0.1) is 0 Å². The summed E-state index contributed by atoms with van der Waals surface area (Å²) in [6, 6.07) is 5.45. The summed E-state index contributed by atoms with van der Waals surface area (Å²) in [5, 5.41) is 0.923. The average Bonchev–Trinajstić information content (AvgIpc) is 2.41. The molecule has 1 aliphatic heterocycles. The monoisotopic (exact) mass is 285 g/mol. The molecule has 2 nitrogen and oxygen atoms in total. The Hall–Kier alpha value is -0.730. The number of carbonyl (C=O) groups excluding carboxylic acids is 1. The highest BCUT2D eigenvalue weighted by atomic mass is 35.5. The molecule has 0 aromatic heterocycles. The molecule has 0 saturated carbocycles. The van der Waals surface area contributed by atoms with Gasteiger partial charge in [-0.1, -0.05) is 30.1 Å². The van der Waals surface area contributed by atoms with Crippen LogP contribution in [-0.2, 0) is 0 Å². The van der Waals surface area contributed by atoms with Crippen molar-refractivity contribution < 1.29 is 4.79 Å². The average molecular weight is 286 g/mol. The summed E-state index contributed by atoms with van der Waals surface area (Å²) in [5.74, 6) is 0.0696. The first-order valence-corrected chi connectivity index (χ1v) is 7.15. The zero-order chi connectivity index (χ0) is 13.1. The Morgan fingerprint density at radius 3 is 2.78 bits per heavy atom. The summed E-state index contributed by atoms with van der Waals surface area (Å²) >= 11 is 11.8. The van der Waals surface area contributed by atoms with Crippen molar-refractivity contribution in [1.29, 1.82) is 0 Å². The van der Waals surface area contributed by atoms with Gasteiger partial charge in [-0.05, 0) is 43.9 Å². The number of benzene rings is 1. The third kappa shape index (κ3) is 2.81. The lowest BCUT2D eigenvalue weighted by molar-refractivity contribution is 0.0608. The van der Waals surface area contributed by atoms with Gasteiger partial charge in [-0.15, -0.1) is 0 Å². The molecule has 0 N–H and O–H groups in total. The van der Waals surface area contributed by atoms with Gasteiger partial charge in [-0.25, -0.2) is 0 Å². The predicted octanol–water partition coefficient (Wildman–Crippen LogP) is 4.40. The molecule has 0 bridgehead atoms. The van der Waals surface area contributed by atoms with E-state index in [9.17, 15) is 4.79 Å². The normalized spacial score (nSPS) is 19.9. The fourth-order valence-electron chi connectivity index (χ4n) is 2.49. The number of rotatable bonds is 2. The van der Waals surface area contributed by atoms with Gasteiger partial charge in [0.2, 0.25) is 0 Å². The van der Waals surface area contributed by atoms with Crippen LogP contribution in [0.5, 0.6) is 0 Å². The predicted molar refractivity (Wildman–Crippen MR) is 75.4 cm³/mol. The van der Waals surface area contributed by atoms with Crippen LogP contribution in [0.25, 0.3) is 0 Å². The second-order valence-corrected chi connectivity index (χ2v) is 5.50. The maximum absolute atomic E-state index is 12.5. The first kappa shape index (κ1) is 13.7. The highest BCUT2D eigenvalue weighted by Gasteiger charge is 2.26. The van der Waals surface area contributed by atoms with Crippen LogP contribution >= 0.6 is 23.2 Å².